The molecular formula is C32H43N3O9. The van der Waals surface area contributed by atoms with Gasteiger partial charge in [-0.05, 0) is 62.1 Å². The fraction of sp³-hybridized carbons (Fsp3) is 0.500. The number of rotatable bonds is 18. The Kier molecular flexibility index (Phi) is 13.1. The van der Waals surface area contributed by atoms with Crippen LogP contribution in [0, 0.1) is 5.92 Å². The molecular weight excluding hydrogens is 570 g/mol. The summed E-state index contributed by atoms with van der Waals surface area (Å²) >= 11 is 0. The summed E-state index contributed by atoms with van der Waals surface area (Å²) < 4.78 is 34.3. The second-order valence-corrected chi connectivity index (χ2v) is 10.4. The van der Waals surface area contributed by atoms with Gasteiger partial charge in [0, 0.05) is 38.0 Å². The standard InChI is InChI=1S/C32H43N3O9/c1-2-41-32-23(12-15-39-17-18-40-16-14-36)24(22-10-11-27-28(19-22)43-21-42-27)20-29(44-32)31(38)34-13-6-5-9-30(37)35-26-8-4-3-7-25(26)33/h3-4,7-8,10-11,19-20,23-24,32,36H,2,5-6,9,12-18,21,33H2,1H3,(H,34,38)(H,35,37)/t23-,24-,32-/m1/s1. The molecule has 2 aliphatic heterocycles. The number of hydrogen-bond acceptors (Lipinski definition) is 10. The van der Waals surface area contributed by atoms with E-state index in [-0.39, 0.29) is 49.4 Å². The molecule has 3 atom stereocenters. The highest BCUT2D eigenvalue weighted by atomic mass is 16.7. The molecule has 2 aromatic rings. The summed E-state index contributed by atoms with van der Waals surface area (Å²) in [5, 5.41) is 14.6. The third-order valence-corrected chi connectivity index (χ3v) is 7.28. The van der Waals surface area contributed by atoms with Gasteiger partial charge in [0.05, 0.1) is 37.8 Å². The van der Waals surface area contributed by atoms with Crippen LogP contribution < -0.4 is 25.8 Å². The second-order valence-electron chi connectivity index (χ2n) is 10.4. The van der Waals surface area contributed by atoms with Crippen molar-refractivity contribution < 1.29 is 43.1 Å². The van der Waals surface area contributed by atoms with Gasteiger partial charge in [-0.3, -0.25) is 9.59 Å². The molecule has 0 aliphatic carbocycles. The third-order valence-electron chi connectivity index (χ3n) is 7.28. The molecule has 0 aromatic heterocycles. The van der Waals surface area contributed by atoms with Crippen molar-refractivity contribution in [1.29, 1.82) is 0 Å². The molecule has 4 rings (SSSR count). The van der Waals surface area contributed by atoms with Crippen LogP contribution in [0.25, 0.3) is 0 Å². The molecule has 0 fully saturated rings. The topological polar surface area (TPSA) is 160 Å². The van der Waals surface area contributed by atoms with Gasteiger partial charge in [-0.25, -0.2) is 0 Å². The predicted octanol–water partition coefficient (Wildman–Crippen LogP) is 3.31. The number of fused-ring (bicyclic) bond motifs is 1. The zero-order valence-electron chi connectivity index (χ0n) is 25.1. The van der Waals surface area contributed by atoms with Crippen LogP contribution in [0.2, 0.25) is 0 Å². The number of nitrogen functional groups attached to an aromatic ring is 1. The molecule has 0 saturated heterocycles. The van der Waals surface area contributed by atoms with Crippen LogP contribution in [-0.2, 0) is 28.5 Å². The number of anilines is 2. The van der Waals surface area contributed by atoms with Gasteiger partial charge < -0.3 is 49.9 Å². The lowest BCUT2D eigenvalue weighted by Gasteiger charge is -2.37. The molecule has 2 amide bonds. The van der Waals surface area contributed by atoms with Crippen molar-refractivity contribution in [3.63, 3.8) is 0 Å². The number of aliphatic hydroxyl groups excluding tert-OH is 1. The van der Waals surface area contributed by atoms with Crippen LogP contribution in [0.1, 0.15) is 44.1 Å². The minimum atomic E-state index is -0.676. The summed E-state index contributed by atoms with van der Waals surface area (Å²) in [5.74, 6) is 0.646. The van der Waals surface area contributed by atoms with Crippen molar-refractivity contribution in [2.45, 2.75) is 44.8 Å². The number of carbonyl (C=O) groups is 2. The molecule has 5 N–H and O–H groups in total. The Bertz CT molecular complexity index is 1260. The fourth-order valence-corrected chi connectivity index (χ4v) is 5.07. The molecule has 0 saturated carbocycles. The molecule has 2 aromatic carbocycles. The molecule has 240 valence electrons. The number of nitrogens with one attached hydrogen (secondary N) is 2. The van der Waals surface area contributed by atoms with Gasteiger partial charge in [-0.2, -0.15) is 0 Å². The summed E-state index contributed by atoms with van der Waals surface area (Å²) in [6.45, 7) is 4.28. The Labute approximate surface area is 257 Å². The zero-order valence-corrected chi connectivity index (χ0v) is 25.1. The first-order valence-corrected chi connectivity index (χ1v) is 15.1. The summed E-state index contributed by atoms with van der Waals surface area (Å²) in [5.41, 5.74) is 7.93. The van der Waals surface area contributed by atoms with E-state index in [4.69, 9.17) is 39.3 Å². The number of unbranched alkanes of at least 4 members (excludes halogenated alkanes) is 1. The van der Waals surface area contributed by atoms with Crippen molar-refractivity contribution in [3.05, 3.63) is 59.9 Å². The number of ether oxygens (including phenoxy) is 6. The first kappa shape index (κ1) is 33.1. The minimum Gasteiger partial charge on any atom is -0.459 e. The van der Waals surface area contributed by atoms with Gasteiger partial charge in [0.15, 0.2) is 17.3 Å². The monoisotopic (exact) mass is 613 g/mol. The van der Waals surface area contributed by atoms with Gasteiger partial charge in [0.1, 0.15) is 0 Å². The maximum Gasteiger partial charge on any atom is 0.286 e. The molecule has 0 bridgehead atoms. The Morgan fingerprint density at radius 2 is 1.82 bits per heavy atom. The largest absolute Gasteiger partial charge is 0.459 e. The second kappa shape index (κ2) is 17.5. The first-order chi connectivity index (χ1) is 21.5. The van der Waals surface area contributed by atoms with Crippen LogP contribution in [-0.4, -0.2) is 76.2 Å². The van der Waals surface area contributed by atoms with Gasteiger partial charge >= 0.3 is 0 Å². The molecule has 0 spiro atoms. The third kappa shape index (κ3) is 9.58. The lowest BCUT2D eigenvalue weighted by atomic mass is 9.81. The predicted molar refractivity (Wildman–Crippen MR) is 163 cm³/mol. The lowest BCUT2D eigenvalue weighted by molar-refractivity contribution is -0.168. The molecule has 2 heterocycles. The molecule has 0 radical (unpaired) electrons. The van der Waals surface area contributed by atoms with Gasteiger partial charge in [-0.15, -0.1) is 0 Å². The Balaban J connectivity index is 1.36. The minimum absolute atomic E-state index is 0.0310. The van der Waals surface area contributed by atoms with Crippen LogP contribution >= 0.6 is 0 Å². The van der Waals surface area contributed by atoms with E-state index in [1.807, 2.05) is 43.3 Å². The highest BCUT2D eigenvalue weighted by Gasteiger charge is 2.38. The van der Waals surface area contributed by atoms with E-state index in [1.165, 1.54) is 0 Å². The number of benzene rings is 2. The summed E-state index contributed by atoms with van der Waals surface area (Å²) in [6.07, 6.45) is 3.26. The van der Waals surface area contributed by atoms with Crippen molar-refractivity contribution in [2.75, 3.05) is 64.0 Å². The lowest BCUT2D eigenvalue weighted by Crippen LogP contribution is -2.39. The van der Waals surface area contributed by atoms with E-state index >= 15 is 0 Å². The summed E-state index contributed by atoms with van der Waals surface area (Å²) in [7, 11) is 0. The van der Waals surface area contributed by atoms with Crippen molar-refractivity contribution in [2.24, 2.45) is 5.92 Å². The highest BCUT2D eigenvalue weighted by molar-refractivity contribution is 5.93. The van der Waals surface area contributed by atoms with E-state index in [9.17, 15) is 9.59 Å². The van der Waals surface area contributed by atoms with Gasteiger partial charge in [0.2, 0.25) is 19.0 Å². The number of carbonyl (C=O) groups excluding carboxylic acids is 2. The molecule has 2 aliphatic rings. The smallest absolute Gasteiger partial charge is 0.286 e. The van der Waals surface area contributed by atoms with Gasteiger partial charge in [-0.1, -0.05) is 18.2 Å². The summed E-state index contributed by atoms with van der Waals surface area (Å²) in [4.78, 5) is 25.5. The Morgan fingerprint density at radius 3 is 2.61 bits per heavy atom. The van der Waals surface area contributed by atoms with Crippen LogP contribution in [0.5, 0.6) is 11.5 Å². The fourth-order valence-electron chi connectivity index (χ4n) is 5.07. The van der Waals surface area contributed by atoms with E-state index in [2.05, 4.69) is 10.6 Å². The first-order valence-electron chi connectivity index (χ1n) is 15.1. The van der Waals surface area contributed by atoms with Crippen LogP contribution in [0.15, 0.2) is 54.3 Å². The molecule has 12 heteroatoms. The highest BCUT2D eigenvalue weighted by Crippen LogP contribution is 2.42. The van der Waals surface area contributed by atoms with Crippen molar-refractivity contribution in [1.82, 2.24) is 5.32 Å². The number of nitrogens with two attached hydrogens (primary N) is 1. The van der Waals surface area contributed by atoms with Gasteiger partial charge in [0.25, 0.3) is 5.91 Å². The number of para-hydroxylation sites is 2. The molecule has 12 nitrogen and oxygen atoms in total. The average Bonchev–Trinajstić information content (AvgIpc) is 3.50. The molecule has 0 unspecified atom stereocenters. The quantitative estimate of drug-likeness (QED) is 0.145. The number of aliphatic hydroxyl groups is 1. The molecule has 44 heavy (non-hydrogen) atoms. The number of allylic oxidation sites excluding steroid dienone is 1. The maximum absolute atomic E-state index is 13.2. The van der Waals surface area contributed by atoms with Crippen LogP contribution in [0.4, 0.5) is 11.4 Å². The van der Waals surface area contributed by atoms with E-state index in [1.54, 1.807) is 12.1 Å². The Hall–Kier alpha value is -3.84. The Morgan fingerprint density at radius 1 is 1.02 bits per heavy atom. The average molecular weight is 614 g/mol. The maximum atomic E-state index is 13.2. The van der Waals surface area contributed by atoms with E-state index in [0.717, 1.165) is 5.56 Å². The normalized spacial score (nSPS) is 18.8. The summed E-state index contributed by atoms with van der Waals surface area (Å²) in [6, 6.07) is 12.9. The van der Waals surface area contributed by atoms with E-state index < -0.39 is 6.29 Å². The number of hydrogen-bond donors (Lipinski definition) is 4. The van der Waals surface area contributed by atoms with Crippen molar-refractivity contribution in [3.8, 4) is 11.5 Å². The SMILES string of the molecule is CCO[C@@H]1OC(C(=O)NCCCCC(=O)Nc2ccccc2N)=C[C@H](c2ccc3c(c2)OCO3)[C@H]1CCOCCOCCO. The zero-order chi connectivity index (χ0) is 31.1. The number of amides is 2. The van der Waals surface area contributed by atoms with Crippen molar-refractivity contribution >= 4 is 23.2 Å². The van der Waals surface area contributed by atoms with Crippen LogP contribution in [0.3, 0.4) is 0 Å². The van der Waals surface area contributed by atoms with E-state index in [0.29, 0.717) is 81.5 Å².